The normalized spacial score (nSPS) is 13.6. The number of hydrogen-bond acceptors (Lipinski definition) is 3. The highest BCUT2D eigenvalue weighted by Gasteiger charge is 2.15. The summed E-state index contributed by atoms with van der Waals surface area (Å²) in [6, 6.07) is 7.26. The van der Waals surface area contributed by atoms with Gasteiger partial charge in [0.05, 0.1) is 23.0 Å². The van der Waals surface area contributed by atoms with E-state index >= 15 is 0 Å². The monoisotopic (exact) mass is 335 g/mol. The molecule has 2 atom stereocenters. The number of halogens is 1. The van der Waals surface area contributed by atoms with Gasteiger partial charge in [0.1, 0.15) is 0 Å². The minimum absolute atomic E-state index is 0.153. The van der Waals surface area contributed by atoms with E-state index in [9.17, 15) is 9.90 Å². The van der Waals surface area contributed by atoms with Crippen LogP contribution in [-0.4, -0.2) is 33.4 Å². The summed E-state index contributed by atoms with van der Waals surface area (Å²) in [5.74, 6) is 0.0609. The molecule has 23 heavy (non-hydrogen) atoms. The number of nitrogens with one attached hydrogen (secondary N) is 1. The lowest BCUT2D eigenvalue weighted by Crippen LogP contribution is -2.29. The average Bonchev–Trinajstić information content (AvgIpc) is 2.87. The molecule has 0 fully saturated rings. The smallest absolute Gasteiger partial charge is 0.254 e. The van der Waals surface area contributed by atoms with Gasteiger partial charge in [0.25, 0.3) is 5.91 Å². The van der Waals surface area contributed by atoms with Crippen molar-refractivity contribution in [1.29, 1.82) is 0 Å². The summed E-state index contributed by atoms with van der Waals surface area (Å²) in [6.45, 7) is 6.07. The molecule has 1 amide bonds. The number of rotatable bonds is 6. The lowest BCUT2D eigenvalue weighted by Gasteiger charge is -2.13. The zero-order chi connectivity index (χ0) is 17.0. The SMILES string of the molecule is Cc1nn(-c2ccc(Cl)cc2)cc1C(=O)NCC(C)CC(C)O. The van der Waals surface area contributed by atoms with Crippen molar-refractivity contribution in [2.24, 2.45) is 5.92 Å². The second kappa shape index (κ2) is 7.62. The molecule has 1 heterocycles. The van der Waals surface area contributed by atoms with Crippen LogP contribution in [0.4, 0.5) is 0 Å². The number of aryl methyl sites for hydroxylation is 1. The maximum absolute atomic E-state index is 12.3. The number of aliphatic hydroxyl groups excluding tert-OH is 1. The van der Waals surface area contributed by atoms with Gasteiger partial charge >= 0.3 is 0 Å². The topological polar surface area (TPSA) is 67.2 Å². The van der Waals surface area contributed by atoms with Crippen molar-refractivity contribution in [2.45, 2.75) is 33.3 Å². The molecule has 2 aromatic rings. The Balaban J connectivity index is 2.05. The molecular weight excluding hydrogens is 314 g/mol. The molecule has 0 radical (unpaired) electrons. The van der Waals surface area contributed by atoms with Gasteiger partial charge in [-0.25, -0.2) is 4.68 Å². The Morgan fingerprint density at radius 1 is 1.35 bits per heavy atom. The Hall–Kier alpha value is -1.85. The maximum atomic E-state index is 12.3. The lowest BCUT2D eigenvalue weighted by atomic mass is 10.0. The van der Waals surface area contributed by atoms with E-state index in [-0.39, 0.29) is 17.9 Å². The fraction of sp³-hybridized carbons (Fsp3) is 0.412. The van der Waals surface area contributed by atoms with Gasteiger partial charge in [0.2, 0.25) is 0 Å². The zero-order valence-electron chi connectivity index (χ0n) is 13.6. The number of aliphatic hydroxyl groups is 1. The number of aromatic nitrogens is 2. The molecule has 0 aliphatic heterocycles. The summed E-state index contributed by atoms with van der Waals surface area (Å²) in [4.78, 5) is 12.3. The summed E-state index contributed by atoms with van der Waals surface area (Å²) < 4.78 is 1.67. The van der Waals surface area contributed by atoms with Crippen molar-refractivity contribution >= 4 is 17.5 Å². The largest absolute Gasteiger partial charge is 0.393 e. The molecule has 0 spiro atoms. The van der Waals surface area contributed by atoms with Gasteiger partial charge in [0.15, 0.2) is 0 Å². The first-order chi connectivity index (χ1) is 10.9. The highest BCUT2D eigenvalue weighted by molar-refractivity contribution is 6.30. The van der Waals surface area contributed by atoms with Gasteiger partial charge in [-0.15, -0.1) is 0 Å². The minimum Gasteiger partial charge on any atom is -0.393 e. The Morgan fingerprint density at radius 3 is 2.61 bits per heavy atom. The molecule has 0 saturated carbocycles. The molecule has 1 aromatic heterocycles. The van der Waals surface area contributed by atoms with Crippen molar-refractivity contribution in [1.82, 2.24) is 15.1 Å². The third kappa shape index (κ3) is 4.81. The fourth-order valence-electron chi connectivity index (χ4n) is 2.44. The molecule has 0 aliphatic rings. The van der Waals surface area contributed by atoms with Crippen LogP contribution < -0.4 is 5.32 Å². The van der Waals surface area contributed by atoms with Gasteiger partial charge in [-0.3, -0.25) is 4.79 Å². The lowest BCUT2D eigenvalue weighted by molar-refractivity contribution is 0.0939. The number of nitrogens with zero attached hydrogens (tertiary/aromatic N) is 2. The van der Waals surface area contributed by atoms with E-state index in [1.165, 1.54) is 0 Å². The Kier molecular flexibility index (Phi) is 5.80. The third-order valence-electron chi connectivity index (χ3n) is 3.59. The highest BCUT2D eigenvalue weighted by Crippen LogP contribution is 2.15. The predicted octanol–water partition coefficient (Wildman–Crippen LogP) is 2.97. The van der Waals surface area contributed by atoms with Gasteiger partial charge < -0.3 is 10.4 Å². The molecule has 0 aliphatic carbocycles. The first-order valence-corrected chi connectivity index (χ1v) is 8.03. The quantitative estimate of drug-likeness (QED) is 0.852. The van der Waals surface area contributed by atoms with Crippen LogP contribution in [0.15, 0.2) is 30.5 Å². The summed E-state index contributed by atoms with van der Waals surface area (Å²) in [6.07, 6.45) is 2.01. The van der Waals surface area contributed by atoms with Crippen LogP contribution in [0.3, 0.4) is 0 Å². The molecule has 124 valence electrons. The summed E-state index contributed by atoms with van der Waals surface area (Å²) in [5, 5.41) is 17.3. The van der Waals surface area contributed by atoms with Crippen LogP contribution in [-0.2, 0) is 0 Å². The highest BCUT2D eigenvalue weighted by atomic mass is 35.5. The predicted molar refractivity (Wildman–Crippen MR) is 91.1 cm³/mol. The van der Waals surface area contributed by atoms with Crippen molar-refractivity contribution < 1.29 is 9.90 Å². The van der Waals surface area contributed by atoms with E-state index in [0.29, 0.717) is 29.2 Å². The second-order valence-electron chi connectivity index (χ2n) is 5.95. The molecule has 2 rings (SSSR count). The molecule has 1 aromatic carbocycles. The maximum Gasteiger partial charge on any atom is 0.254 e. The van der Waals surface area contributed by atoms with E-state index in [4.69, 9.17) is 11.6 Å². The van der Waals surface area contributed by atoms with Crippen LogP contribution in [0, 0.1) is 12.8 Å². The molecular formula is C17H22ClN3O2. The number of amides is 1. The molecule has 6 heteroatoms. The Bertz CT molecular complexity index is 665. The van der Waals surface area contributed by atoms with Crippen molar-refractivity contribution in [3.8, 4) is 5.69 Å². The average molecular weight is 336 g/mol. The summed E-state index contributed by atoms with van der Waals surface area (Å²) >= 11 is 5.88. The number of benzene rings is 1. The van der Waals surface area contributed by atoms with Crippen molar-refractivity contribution in [2.75, 3.05) is 6.54 Å². The fourth-order valence-corrected chi connectivity index (χ4v) is 2.56. The standard InChI is InChI=1S/C17H22ClN3O2/c1-11(8-12(2)22)9-19-17(23)16-10-21(20-13(16)3)15-6-4-14(18)5-7-15/h4-7,10-12,22H,8-9H2,1-3H3,(H,19,23). The minimum atomic E-state index is -0.365. The van der Waals surface area contributed by atoms with Gasteiger partial charge in [-0.2, -0.15) is 5.10 Å². The van der Waals surface area contributed by atoms with Crippen LogP contribution in [0.25, 0.3) is 5.69 Å². The number of carbonyl (C=O) groups is 1. The number of carbonyl (C=O) groups excluding carboxylic acids is 1. The first-order valence-electron chi connectivity index (χ1n) is 7.65. The molecule has 0 bridgehead atoms. The second-order valence-corrected chi connectivity index (χ2v) is 6.39. The van der Waals surface area contributed by atoms with E-state index in [1.54, 1.807) is 36.9 Å². The molecule has 2 unspecified atom stereocenters. The Morgan fingerprint density at radius 2 is 2.00 bits per heavy atom. The van der Waals surface area contributed by atoms with Crippen molar-refractivity contribution in [3.63, 3.8) is 0 Å². The van der Waals surface area contributed by atoms with Crippen LogP contribution in [0.5, 0.6) is 0 Å². The van der Waals surface area contributed by atoms with Gasteiger partial charge in [0, 0.05) is 17.8 Å². The molecule has 2 N–H and O–H groups in total. The van der Waals surface area contributed by atoms with E-state index in [1.807, 2.05) is 19.1 Å². The first kappa shape index (κ1) is 17.5. The molecule has 5 nitrogen and oxygen atoms in total. The van der Waals surface area contributed by atoms with E-state index in [0.717, 1.165) is 5.69 Å². The molecule has 0 saturated heterocycles. The number of hydrogen-bond donors (Lipinski definition) is 2. The zero-order valence-corrected chi connectivity index (χ0v) is 14.3. The third-order valence-corrected chi connectivity index (χ3v) is 3.84. The summed E-state index contributed by atoms with van der Waals surface area (Å²) in [5.41, 5.74) is 2.06. The van der Waals surface area contributed by atoms with Crippen LogP contribution >= 0.6 is 11.6 Å². The summed E-state index contributed by atoms with van der Waals surface area (Å²) in [7, 11) is 0. The Labute approximate surface area is 141 Å². The van der Waals surface area contributed by atoms with Crippen LogP contribution in [0.2, 0.25) is 5.02 Å². The van der Waals surface area contributed by atoms with E-state index < -0.39 is 0 Å². The van der Waals surface area contributed by atoms with Gasteiger partial charge in [-0.05, 0) is 50.5 Å². The van der Waals surface area contributed by atoms with Gasteiger partial charge in [-0.1, -0.05) is 18.5 Å². The van der Waals surface area contributed by atoms with Crippen LogP contribution in [0.1, 0.15) is 36.3 Å². The van der Waals surface area contributed by atoms with Crippen molar-refractivity contribution in [3.05, 3.63) is 46.7 Å². The van der Waals surface area contributed by atoms with E-state index in [2.05, 4.69) is 10.4 Å².